The summed E-state index contributed by atoms with van der Waals surface area (Å²) < 4.78 is 12.3. The number of anilines is 1. The molecule has 2 fully saturated rings. The van der Waals surface area contributed by atoms with Crippen LogP contribution < -0.4 is 4.90 Å². The average molecular weight is 300 g/mol. The molecule has 2 aliphatic heterocycles. The minimum absolute atomic E-state index is 0.323. The zero-order valence-electron chi connectivity index (χ0n) is 9.43. The van der Waals surface area contributed by atoms with Gasteiger partial charge in [-0.25, -0.2) is 9.97 Å². The summed E-state index contributed by atoms with van der Waals surface area (Å²) in [6.45, 7) is 3.24. The lowest BCUT2D eigenvalue weighted by molar-refractivity contribution is -0.169. The molecular formula is C11H14BrN3O2. The van der Waals surface area contributed by atoms with E-state index in [1.807, 2.05) is 0 Å². The number of hydrogen-bond acceptors (Lipinski definition) is 5. The van der Waals surface area contributed by atoms with Gasteiger partial charge in [-0.15, -0.1) is 0 Å². The molecule has 5 nitrogen and oxygen atoms in total. The maximum Gasteiger partial charge on any atom is 0.171 e. The quantitative estimate of drug-likeness (QED) is 0.788. The van der Waals surface area contributed by atoms with Crippen molar-refractivity contribution in [2.24, 2.45) is 0 Å². The fourth-order valence-electron chi connectivity index (χ4n) is 2.38. The molecule has 0 saturated carbocycles. The number of aromatic nitrogens is 2. The van der Waals surface area contributed by atoms with Crippen LogP contribution in [0.25, 0.3) is 0 Å². The number of hydrogen-bond donors (Lipinski definition) is 0. The highest BCUT2D eigenvalue weighted by Crippen LogP contribution is 2.34. The van der Waals surface area contributed by atoms with E-state index in [1.54, 1.807) is 12.5 Å². The standard InChI is InChI=1S/C11H14BrN3O2/c12-9-7-13-8-14-10(9)15-3-1-11(2-4-15)16-5-6-17-11/h7-8H,1-6H2. The fraction of sp³-hybridized carbons (Fsp3) is 0.636. The van der Waals surface area contributed by atoms with Crippen molar-refractivity contribution in [1.29, 1.82) is 0 Å². The van der Waals surface area contributed by atoms with Crippen molar-refractivity contribution in [3.8, 4) is 0 Å². The van der Waals surface area contributed by atoms with E-state index in [4.69, 9.17) is 9.47 Å². The van der Waals surface area contributed by atoms with Gasteiger partial charge in [0.15, 0.2) is 5.79 Å². The Labute approximate surface area is 108 Å². The van der Waals surface area contributed by atoms with Crippen molar-refractivity contribution in [1.82, 2.24) is 9.97 Å². The van der Waals surface area contributed by atoms with E-state index in [0.717, 1.165) is 49.4 Å². The Kier molecular flexibility index (Phi) is 3.02. The Balaban J connectivity index is 1.71. The van der Waals surface area contributed by atoms with Gasteiger partial charge in [0.25, 0.3) is 0 Å². The summed E-state index contributed by atoms with van der Waals surface area (Å²) in [4.78, 5) is 10.5. The van der Waals surface area contributed by atoms with Gasteiger partial charge >= 0.3 is 0 Å². The smallest absolute Gasteiger partial charge is 0.171 e. The third-order valence-electron chi connectivity index (χ3n) is 3.29. The summed E-state index contributed by atoms with van der Waals surface area (Å²) >= 11 is 3.48. The maximum atomic E-state index is 5.70. The second-order valence-corrected chi connectivity index (χ2v) is 5.14. The van der Waals surface area contributed by atoms with Gasteiger partial charge in [-0.2, -0.15) is 0 Å². The minimum atomic E-state index is -0.323. The first-order valence-electron chi connectivity index (χ1n) is 5.77. The van der Waals surface area contributed by atoms with Crippen molar-refractivity contribution in [3.05, 3.63) is 17.0 Å². The zero-order chi connectivity index (χ0) is 11.7. The van der Waals surface area contributed by atoms with Gasteiger partial charge in [-0.3, -0.25) is 0 Å². The first-order valence-corrected chi connectivity index (χ1v) is 6.57. The second kappa shape index (κ2) is 4.51. The van der Waals surface area contributed by atoms with Crippen LogP contribution in [0.3, 0.4) is 0 Å². The molecule has 0 bridgehead atoms. The number of ether oxygens (including phenoxy) is 2. The van der Waals surface area contributed by atoms with Gasteiger partial charge in [0.2, 0.25) is 0 Å². The Morgan fingerprint density at radius 3 is 2.59 bits per heavy atom. The highest BCUT2D eigenvalue weighted by Gasteiger charge is 2.40. The number of halogens is 1. The second-order valence-electron chi connectivity index (χ2n) is 4.29. The fourth-order valence-corrected chi connectivity index (χ4v) is 2.86. The molecule has 1 spiro atoms. The van der Waals surface area contributed by atoms with Crippen molar-refractivity contribution in [2.45, 2.75) is 18.6 Å². The normalized spacial score (nSPS) is 23.2. The van der Waals surface area contributed by atoms with Gasteiger partial charge in [0.05, 0.1) is 17.7 Å². The third-order valence-corrected chi connectivity index (χ3v) is 3.85. The van der Waals surface area contributed by atoms with Crippen LogP contribution in [0.5, 0.6) is 0 Å². The molecule has 0 aliphatic carbocycles. The van der Waals surface area contributed by atoms with Crippen molar-refractivity contribution >= 4 is 21.7 Å². The van der Waals surface area contributed by atoms with Gasteiger partial charge in [0, 0.05) is 32.1 Å². The van der Waals surface area contributed by atoms with Crippen molar-refractivity contribution in [2.75, 3.05) is 31.2 Å². The van der Waals surface area contributed by atoms with Crippen LogP contribution in [-0.2, 0) is 9.47 Å². The van der Waals surface area contributed by atoms with E-state index in [2.05, 4.69) is 30.8 Å². The summed E-state index contributed by atoms with van der Waals surface area (Å²) in [5, 5.41) is 0. The van der Waals surface area contributed by atoms with E-state index in [1.165, 1.54) is 0 Å². The van der Waals surface area contributed by atoms with Gasteiger partial charge in [0.1, 0.15) is 12.1 Å². The molecule has 1 aromatic heterocycles. The molecule has 92 valence electrons. The molecule has 1 aromatic rings. The summed E-state index contributed by atoms with van der Waals surface area (Å²) in [5.74, 6) is 0.628. The first kappa shape index (κ1) is 11.4. The van der Waals surface area contributed by atoms with E-state index in [-0.39, 0.29) is 5.79 Å². The Morgan fingerprint density at radius 2 is 1.94 bits per heavy atom. The Hall–Kier alpha value is -0.720. The Morgan fingerprint density at radius 1 is 1.24 bits per heavy atom. The van der Waals surface area contributed by atoms with Gasteiger partial charge in [-0.05, 0) is 15.9 Å². The molecule has 17 heavy (non-hydrogen) atoms. The number of nitrogens with zero attached hydrogens (tertiary/aromatic N) is 3. The molecule has 0 unspecified atom stereocenters. The molecule has 0 atom stereocenters. The van der Waals surface area contributed by atoms with E-state index >= 15 is 0 Å². The molecule has 0 aromatic carbocycles. The molecule has 6 heteroatoms. The minimum Gasteiger partial charge on any atom is -0.355 e. The highest BCUT2D eigenvalue weighted by atomic mass is 79.9. The Bertz CT molecular complexity index is 399. The SMILES string of the molecule is Brc1cncnc1N1CCC2(CC1)OCCO2. The van der Waals surface area contributed by atoms with Crippen molar-refractivity contribution in [3.63, 3.8) is 0 Å². The van der Waals surface area contributed by atoms with Crippen LogP contribution in [-0.4, -0.2) is 42.1 Å². The number of piperidine rings is 1. The van der Waals surface area contributed by atoms with Crippen molar-refractivity contribution < 1.29 is 9.47 Å². The summed E-state index contributed by atoms with van der Waals surface area (Å²) in [6.07, 6.45) is 5.13. The number of rotatable bonds is 1. The van der Waals surface area contributed by atoms with Gasteiger partial charge in [-0.1, -0.05) is 0 Å². The summed E-state index contributed by atoms with van der Waals surface area (Å²) in [6, 6.07) is 0. The molecule has 3 heterocycles. The maximum absolute atomic E-state index is 5.70. The lowest BCUT2D eigenvalue weighted by Gasteiger charge is -2.38. The summed E-state index contributed by atoms with van der Waals surface area (Å²) in [7, 11) is 0. The molecule has 0 amide bonds. The lowest BCUT2D eigenvalue weighted by Crippen LogP contribution is -2.45. The van der Waals surface area contributed by atoms with Crippen LogP contribution in [0.15, 0.2) is 17.0 Å². The molecular weight excluding hydrogens is 286 g/mol. The largest absolute Gasteiger partial charge is 0.355 e. The molecule has 0 radical (unpaired) electrons. The zero-order valence-corrected chi connectivity index (χ0v) is 11.0. The van der Waals surface area contributed by atoms with Gasteiger partial charge < -0.3 is 14.4 Å². The van der Waals surface area contributed by atoms with E-state index in [0.29, 0.717) is 0 Å². The van der Waals surface area contributed by atoms with Crippen LogP contribution in [0, 0.1) is 0 Å². The molecule has 2 saturated heterocycles. The van der Waals surface area contributed by atoms with Crippen LogP contribution >= 0.6 is 15.9 Å². The van der Waals surface area contributed by atoms with E-state index in [9.17, 15) is 0 Å². The predicted molar refractivity (Wildman–Crippen MR) is 65.8 cm³/mol. The topological polar surface area (TPSA) is 47.5 Å². The molecule has 2 aliphatic rings. The van der Waals surface area contributed by atoms with E-state index < -0.39 is 0 Å². The predicted octanol–water partition coefficient (Wildman–Crippen LogP) is 1.58. The lowest BCUT2D eigenvalue weighted by atomic mass is 10.0. The molecule has 3 rings (SSSR count). The first-order chi connectivity index (χ1) is 8.29. The van der Waals surface area contributed by atoms with Crippen LogP contribution in [0.1, 0.15) is 12.8 Å². The third kappa shape index (κ3) is 2.17. The summed E-state index contributed by atoms with van der Waals surface area (Å²) in [5.41, 5.74) is 0. The average Bonchev–Trinajstić information content (AvgIpc) is 2.80. The monoisotopic (exact) mass is 299 g/mol. The van der Waals surface area contributed by atoms with Crippen LogP contribution in [0.4, 0.5) is 5.82 Å². The highest BCUT2D eigenvalue weighted by molar-refractivity contribution is 9.10. The van der Waals surface area contributed by atoms with Crippen LogP contribution in [0.2, 0.25) is 0 Å². The molecule has 0 N–H and O–H groups in total.